The molecule has 0 bridgehead atoms. The summed E-state index contributed by atoms with van der Waals surface area (Å²) in [6.45, 7) is 2.20. The third-order valence-corrected chi connectivity index (χ3v) is 7.82. The Kier molecular flexibility index (Phi) is 6.04. The van der Waals surface area contributed by atoms with Crippen LogP contribution in [0.4, 0.5) is 4.39 Å². The van der Waals surface area contributed by atoms with E-state index in [1.54, 1.807) is 13.2 Å². The van der Waals surface area contributed by atoms with Crippen LogP contribution in [0.5, 0.6) is 5.75 Å². The van der Waals surface area contributed by atoms with E-state index in [4.69, 9.17) is 4.74 Å². The molecule has 1 atom stereocenters. The summed E-state index contributed by atoms with van der Waals surface area (Å²) in [7, 11) is 3.51. The fraction of sp³-hybridized carbons (Fsp3) is 0.267. The van der Waals surface area contributed by atoms with Crippen LogP contribution in [-0.4, -0.2) is 60.1 Å². The SMILES string of the molecule is COc1cccc(F)c1CN1CCC[C@@H](c2cn(-c3ccc4[nH]nc(-c5ccc6nn(C)cc6c5)c4c3)nn2)C1. The van der Waals surface area contributed by atoms with Crippen LogP contribution < -0.4 is 4.74 Å². The van der Waals surface area contributed by atoms with Gasteiger partial charge in [-0.15, -0.1) is 5.10 Å². The van der Waals surface area contributed by atoms with Gasteiger partial charge < -0.3 is 4.74 Å². The Morgan fingerprint density at radius 1 is 1.10 bits per heavy atom. The normalized spacial score (nSPS) is 16.2. The molecular weight excluding hydrogens is 507 g/mol. The molecule has 0 amide bonds. The zero-order valence-corrected chi connectivity index (χ0v) is 22.4. The third-order valence-electron chi connectivity index (χ3n) is 7.82. The summed E-state index contributed by atoms with van der Waals surface area (Å²) in [6.07, 6.45) is 6.06. The first-order valence-electron chi connectivity index (χ1n) is 13.4. The molecule has 0 aliphatic carbocycles. The number of fused-ring (bicyclic) bond motifs is 2. The van der Waals surface area contributed by atoms with Crippen LogP contribution in [0.25, 0.3) is 38.8 Å². The minimum Gasteiger partial charge on any atom is -0.496 e. The van der Waals surface area contributed by atoms with Crippen molar-refractivity contribution in [2.24, 2.45) is 7.05 Å². The number of aromatic nitrogens is 7. The van der Waals surface area contributed by atoms with Gasteiger partial charge in [0.2, 0.25) is 0 Å². The molecule has 0 unspecified atom stereocenters. The Bertz CT molecular complexity index is 1840. The summed E-state index contributed by atoms with van der Waals surface area (Å²) in [4.78, 5) is 2.27. The summed E-state index contributed by atoms with van der Waals surface area (Å²) in [6, 6.07) is 17.3. The van der Waals surface area contributed by atoms with E-state index in [9.17, 15) is 4.39 Å². The smallest absolute Gasteiger partial charge is 0.131 e. The zero-order valence-electron chi connectivity index (χ0n) is 22.4. The number of aromatic amines is 1. The molecule has 10 heteroatoms. The lowest BCUT2D eigenvalue weighted by Crippen LogP contribution is -2.34. The number of hydrogen-bond acceptors (Lipinski definition) is 6. The standard InChI is InChI=1S/C30H29FN8O/c1-37-15-21-13-19(8-10-26(21)35-37)30-23-14-22(9-11-27(23)32-34-30)39-18-28(33-36-39)20-5-4-12-38(16-20)17-24-25(31)6-3-7-29(24)40-2/h3,6-11,13-15,18,20H,4-5,12,16-17H2,1-2H3,(H,32,34)/t20-/m1/s1. The maximum absolute atomic E-state index is 14.6. The van der Waals surface area contributed by atoms with Gasteiger partial charge in [0.1, 0.15) is 11.6 Å². The van der Waals surface area contributed by atoms with Gasteiger partial charge in [0, 0.05) is 54.2 Å². The number of ether oxygens (including phenoxy) is 1. The van der Waals surface area contributed by atoms with Crippen molar-refractivity contribution >= 4 is 21.8 Å². The Labute approximate surface area is 230 Å². The van der Waals surface area contributed by atoms with Crippen LogP contribution in [0.2, 0.25) is 0 Å². The first-order valence-corrected chi connectivity index (χ1v) is 13.4. The van der Waals surface area contributed by atoms with Crippen molar-refractivity contribution in [1.82, 2.24) is 39.9 Å². The van der Waals surface area contributed by atoms with Crippen LogP contribution >= 0.6 is 0 Å². The Hall–Kier alpha value is -4.57. The highest BCUT2D eigenvalue weighted by Gasteiger charge is 2.25. The van der Waals surface area contributed by atoms with E-state index in [1.165, 1.54) is 6.07 Å². The van der Waals surface area contributed by atoms with E-state index < -0.39 is 0 Å². The van der Waals surface area contributed by atoms with Crippen LogP contribution in [0.3, 0.4) is 0 Å². The van der Waals surface area contributed by atoms with Gasteiger partial charge in [0.25, 0.3) is 0 Å². The maximum Gasteiger partial charge on any atom is 0.131 e. The molecule has 1 aliphatic rings. The number of likely N-dealkylation sites (tertiary alicyclic amines) is 1. The van der Waals surface area contributed by atoms with E-state index in [0.29, 0.717) is 17.9 Å². The zero-order chi connectivity index (χ0) is 27.2. The number of halogens is 1. The van der Waals surface area contributed by atoms with Gasteiger partial charge in [-0.3, -0.25) is 14.7 Å². The largest absolute Gasteiger partial charge is 0.496 e. The molecule has 0 saturated carbocycles. The van der Waals surface area contributed by atoms with Gasteiger partial charge in [-0.2, -0.15) is 10.2 Å². The quantitative estimate of drug-likeness (QED) is 0.314. The second kappa shape index (κ2) is 9.87. The number of methoxy groups -OCH3 is 1. The van der Waals surface area contributed by atoms with Crippen molar-refractivity contribution in [3.63, 3.8) is 0 Å². The average Bonchev–Trinajstić information content (AvgIpc) is 3.71. The minimum absolute atomic E-state index is 0.222. The van der Waals surface area contributed by atoms with Gasteiger partial charge in [-0.05, 0) is 61.9 Å². The number of H-pyrrole nitrogens is 1. The first-order chi connectivity index (χ1) is 19.6. The number of nitrogens with one attached hydrogen (secondary N) is 1. The molecule has 0 radical (unpaired) electrons. The molecule has 1 N–H and O–H groups in total. The molecule has 1 fully saturated rings. The molecule has 9 nitrogen and oxygen atoms in total. The topological polar surface area (TPSA) is 89.7 Å². The Morgan fingerprint density at radius 2 is 2.02 bits per heavy atom. The molecular formula is C30H29FN8O. The molecule has 7 rings (SSSR count). The van der Waals surface area contributed by atoms with Crippen molar-refractivity contribution in [2.75, 3.05) is 20.2 Å². The average molecular weight is 537 g/mol. The number of aryl methyl sites for hydroxylation is 1. The van der Waals surface area contributed by atoms with Gasteiger partial charge >= 0.3 is 0 Å². The second-order valence-corrected chi connectivity index (χ2v) is 10.5. The van der Waals surface area contributed by atoms with Crippen LogP contribution in [0.15, 0.2) is 67.0 Å². The summed E-state index contributed by atoms with van der Waals surface area (Å²) in [5, 5.41) is 23.4. The molecule has 1 saturated heterocycles. The predicted molar refractivity (Wildman–Crippen MR) is 151 cm³/mol. The highest BCUT2D eigenvalue weighted by Crippen LogP contribution is 2.32. The fourth-order valence-electron chi connectivity index (χ4n) is 5.80. The molecule has 3 aromatic heterocycles. The lowest BCUT2D eigenvalue weighted by atomic mass is 9.95. The molecule has 0 spiro atoms. The molecule has 4 heterocycles. The number of hydrogen-bond donors (Lipinski definition) is 1. The van der Waals surface area contributed by atoms with Gasteiger partial charge in [0.15, 0.2) is 0 Å². The Balaban J connectivity index is 1.14. The number of rotatable bonds is 6. The third kappa shape index (κ3) is 4.40. The fourth-order valence-corrected chi connectivity index (χ4v) is 5.80. The van der Waals surface area contributed by atoms with E-state index in [1.807, 2.05) is 53.1 Å². The maximum atomic E-state index is 14.6. The molecule has 3 aromatic carbocycles. The summed E-state index contributed by atoms with van der Waals surface area (Å²) in [5.74, 6) is 0.573. The van der Waals surface area contributed by atoms with E-state index in [-0.39, 0.29) is 11.7 Å². The second-order valence-electron chi connectivity index (χ2n) is 10.5. The predicted octanol–water partition coefficient (Wildman–Crippen LogP) is 5.22. The minimum atomic E-state index is -0.234. The number of piperidine rings is 1. The highest BCUT2D eigenvalue weighted by atomic mass is 19.1. The molecule has 40 heavy (non-hydrogen) atoms. The molecule has 1 aliphatic heterocycles. The van der Waals surface area contributed by atoms with Gasteiger partial charge in [-0.25, -0.2) is 9.07 Å². The van der Waals surface area contributed by atoms with Crippen molar-refractivity contribution in [1.29, 1.82) is 0 Å². The monoisotopic (exact) mass is 536 g/mol. The number of benzene rings is 3. The van der Waals surface area contributed by atoms with Crippen molar-refractivity contribution < 1.29 is 9.13 Å². The van der Waals surface area contributed by atoms with E-state index >= 15 is 0 Å². The van der Waals surface area contributed by atoms with Gasteiger partial charge in [0.05, 0.1) is 41.4 Å². The van der Waals surface area contributed by atoms with E-state index in [0.717, 1.165) is 70.4 Å². The number of nitrogens with zero attached hydrogens (tertiary/aromatic N) is 7. The summed E-state index contributed by atoms with van der Waals surface area (Å²) < 4.78 is 23.6. The Morgan fingerprint density at radius 3 is 2.92 bits per heavy atom. The summed E-state index contributed by atoms with van der Waals surface area (Å²) >= 11 is 0. The summed E-state index contributed by atoms with van der Waals surface area (Å²) in [5.41, 5.74) is 6.28. The van der Waals surface area contributed by atoms with E-state index in [2.05, 4.69) is 48.7 Å². The first kappa shape index (κ1) is 24.5. The van der Waals surface area contributed by atoms with Crippen molar-refractivity contribution in [3.05, 3.63) is 84.1 Å². The van der Waals surface area contributed by atoms with Crippen LogP contribution in [-0.2, 0) is 13.6 Å². The molecule has 202 valence electrons. The van der Waals surface area contributed by atoms with Crippen LogP contribution in [0.1, 0.15) is 30.0 Å². The van der Waals surface area contributed by atoms with Crippen molar-refractivity contribution in [3.8, 4) is 22.7 Å². The van der Waals surface area contributed by atoms with Gasteiger partial charge in [-0.1, -0.05) is 17.3 Å². The van der Waals surface area contributed by atoms with Crippen LogP contribution in [0, 0.1) is 5.82 Å². The lowest BCUT2D eigenvalue weighted by Gasteiger charge is -2.32. The lowest BCUT2D eigenvalue weighted by molar-refractivity contribution is 0.194. The molecule has 6 aromatic rings. The van der Waals surface area contributed by atoms with Crippen molar-refractivity contribution in [2.45, 2.75) is 25.3 Å². The highest BCUT2D eigenvalue weighted by molar-refractivity contribution is 5.96.